The third-order valence-corrected chi connectivity index (χ3v) is 4.21. The molecule has 222 valence electrons. The molecule has 0 rings (SSSR count). The zero-order valence-corrected chi connectivity index (χ0v) is 22.6. The van der Waals surface area contributed by atoms with Gasteiger partial charge in [0.15, 0.2) is 6.29 Å². The molecule has 0 unspecified atom stereocenters. The van der Waals surface area contributed by atoms with Crippen LogP contribution in [0.3, 0.4) is 0 Å². The summed E-state index contributed by atoms with van der Waals surface area (Å²) in [6.07, 6.45) is -0.338. The highest BCUT2D eigenvalue weighted by atomic mass is 16.7. The van der Waals surface area contributed by atoms with E-state index in [1.807, 2.05) is 0 Å². The lowest BCUT2D eigenvalue weighted by Crippen LogP contribution is -2.37. The Kier molecular flexibility index (Phi) is 24.5. The van der Waals surface area contributed by atoms with Crippen LogP contribution < -0.4 is 32.2 Å². The minimum atomic E-state index is -0.479. The molecule has 0 aliphatic carbocycles. The molecule has 0 aliphatic heterocycles. The van der Waals surface area contributed by atoms with Gasteiger partial charge in [-0.2, -0.15) is 11.0 Å². The van der Waals surface area contributed by atoms with Crippen molar-refractivity contribution >= 4 is 23.8 Å². The molecular weight excluding hydrogens is 508 g/mol. The molecule has 0 fully saturated rings. The number of amides is 2. The maximum Gasteiger partial charge on any atom is 0.327 e. The van der Waals surface area contributed by atoms with Crippen LogP contribution in [0.5, 0.6) is 0 Å². The molecule has 0 radical (unpaired) electrons. The number of likely N-dealkylation sites (N-methyl/N-ethyl adjacent to an activating group) is 2. The van der Waals surface area contributed by atoms with Crippen LogP contribution in [0.4, 0.5) is 0 Å². The predicted octanol–water partition coefficient (Wildman–Crippen LogP) is -3.05. The van der Waals surface area contributed by atoms with E-state index in [1.165, 1.54) is 0 Å². The first kappa shape index (κ1) is 35.6. The largest absolute Gasteiger partial charge is 0.378 e. The fourth-order valence-electron chi connectivity index (χ4n) is 2.43. The number of hydrogen-bond donors (Lipinski definition) is 6. The summed E-state index contributed by atoms with van der Waals surface area (Å²) in [6, 6.07) is 0. The van der Waals surface area contributed by atoms with Crippen LogP contribution in [0.1, 0.15) is 19.8 Å². The second-order valence-corrected chi connectivity index (χ2v) is 7.53. The quantitative estimate of drug-likeness (QED) is 0.0360. The second-order valence-electron chi connectivity index (χ2n) is 7.53. The summed E-state index contributed by atoms with van der Waals surface area (Å²) in [4.78, 5) is 55.2. The molecular formula is C22H44N6O10. The lowest BCUT2D eigenvalue weighted by molar-refractivity contribution is -0.156. The molecule has 16 heteroatoms. The van der Waals surface area contributed by atoms with E-state index in [0.717, 1.165) is 0 Å². The molecule has 2 amide bonds. The highest BCUT2D eigenvalue weighted by Crippen LogP contribution is 1.95. The molecule has 0 spiro atoms. The zero-order valence-electron chi connectivity index (χ0n) is 22.6. The van der Waals surface area contributed by atoms with E-state index in [9.17, 15) is 19.2 Å². The van der Waals surface area contributed by atoms with Crippen molar-refractivity contribution in [3.8, 4) is 0 Å². The van der Waals surface area contributed by atoms with E-state index in [-0.39, 0.29) is 77.4 Å². The first-order chi connectivity index (χ1) is 18.4. The molecule has 16 nitrogen and oxygen atoms in total. The Bertz CT molecular complexity index is 592. The summed E-state index contributed by atoms with van der Waals surface area (Å²) in [7, 11) is 3.35. The van der Waals surface area contributed by atoms with Gasteiger partial charge in [0.1, 0.15) is 0 Å². The second kappa shape index (κ2) is 26.2. The van der Waals surface area contributed by atoms with Crippen LogP contribution in [0, 0.1) is 0 Å². The van der Waals surface area contributed by atoms with E-state index in [1.54, 1.807) is 21.0 Å². The van der Waals surface area contributed by atoms with Crippen molar-refractivity contribution < 1.29 is 47.8 Å². The van der Waals surface area contributed by atoms with Gasteiger partial charge >= 0.3 is 11.9 Å². The van der Waals surface area contributed by atoms with Crippen LogP contribution in [0.2, 0.25) is 0 Å². The maximum atomic E-state index is 11.6. The Morgan fingerprint density at radius 1 is 0.605 bits per heavy atom. The SMILES string of the molecule is CNCC(=O)NCCNOC(=O)CCOCCOC(C)OCCOCCC(=O)ONCCNC(=O)CNC. The van der Waals surface area contributed by atoms with Gasteiger partial charge in [-0.1, -0.05) is 0 Å². The molecule has 0 aromatic rings. The number of rotatable bonds is 26. The van der Waals surface area contributed by atoms with Crippen LogP contribution >= 0.6 is 0 Å². The number of carbonyl (C=O) groups excluding carboxylic acids is 4. The van der Waals surface area contributed by atoms with Crippen LogP contribution in [-0.4, -0.2) is 123 Å². The van der Waals surface area contributed by atoms with Crippen molar-refractivity contribution in [2.75, 3.05) is 93.0 Å². The Hall–Kier alpha value is -2.44. The molecule has 0 aromatic heterocycles. The number of hydrogen-bond acceptors (Lipinski definition) is 14. The van der Waals surface area contributed by atoms with Gasteiger partial charge in [0.2, 0.25) is 11.8 Å². The summed E-state index contributed by atoms with van der Waals surface area (Å²) in [5.74, 6) is -1.23. The molecule has 38 heavy (non-hydrogen) atoms. The molecule has 0 atom stereocenters. The van der Waals surface area contributed by atoms with E-state index >= 15 is 0 Å². The maximum absolute atomic E-state index is 11.6. The fourth-order valence-corrected chi connectivity index (χ4v) is 2.43. The van der Waals surface area contributed by atoms with Gasteiger partial charge < -0.3 is 49.9 Å². The molecule has 0 heterocycles. The van der Waals surface area contributed by atoms with Crippen molar-refractivity contribution in [3.05, 3.63) is 0 Å². The van der Waals surface area contributed by atoms with Crippen molar-refractivity contribution in [1.29, 1.82) is 0 Å². The zero-order chi connectivity index (χ0) is 28.3. The molecule has 0 saturated heterocycles. The highest BCUT2D eigenvalue weighted by molar-refractivity contribution is 5.78. The topological polar surface area (TPSA) is 196 Å². The highest BCUT2D eigenvalue weighted by Gasteiger charge is 2.06. The van der Waals surface area contributed by atoms with E-state index in [2.05, 4.69) is 32.2 Å². The lowest BCUT2D eigenvalue weighted by Gasteiger charge is -2.14. The Balaban J connectivity index is 3.43. The van der Waals surface area contributed by atoms with Crippen LogP contribution in [-0.2, 0) is 47.8 Å². The van der Waals surface area contributed by atoms with Crippen molar-refractivity contribution in [3.63, 3.8) is 0 Å². The first-order valence-corrected chi connectivity index (χ1v) is 12.4. The summed E-state index contributed by atoms with van der Waals surface area (Å²) < 4.78 is 21.5. The summed E-state index contributed by atoms with van der Waals surface area (Å²) >= 11 is 0. The molecule has 0 bridgehead atoms. The van der Waals surface area contributed by atoms with Crippen molar-refractivity contribution in [1.82, 2.24) is 32.2 Å². The number of carbonyl (C=O) groups is 4. The summed E-state index contributed by atoms with van der Waals surface area (Å²) in [6.45, 7) is 4.91. The van der Waals surface area contributed by atoms with Gasteiger partial charge in [-0.25, -0.2) is 0 Å². The molecule has 0 saturated carbocycles. The smallest absolute Gasteiger partial charge is 0.327 e. The van der Waals surface area contributed by atoms with E-state index in [0.29, 0.717) is 26.2 Å². The van der Waals surface area contributed by atoms with Gasteiger partial charge in [-0.3, -0.25) is 19.2 Å². The Morgan fingerprint density at radius 3 is 1.42 bits per heavy atom. The van der Waals surface area contributed by atoms with Crippen molar-refractivity contribution in [2.24, 2.45) is 0 Å². The Morgan fingerprint density at radius 2 is 1.03 bits per heavy atom. The minimum Gasteiger partial charge on any atom is -0.378 e. The van der Waals surface area contributed by atoms with Gasteiger partial charge in [0.05, 0.1) is 65.6 Å². The average molecular weight is 553 g/mol. The molecule has 6 N–H and O–H groups in total. The third kappa shape index (κ3) is 25.2. The minimum absolute atomic E-state index is 0.0707. The van der Waals surface area contributed by atoms with Gasteiger partial charge in [0, 0.05) is 26.2 Å². The van der Waals surface area contributed by atoms with Gasteiger partial charge in [0.25, 0.3) is 0 Å². The fraction of sp³-hybridized carbons (Fsp3) is 0.818. The summed E-state index contributed by atoms with van der Waals surface area (Å²) in [5.41, 5.74) is 4.95. The number of ether oxygens (including phenoxy) is 4. The first-order valence-electron chi connectivity index (χ1n) is 12.4. The third-order valence-electron chi connectivity index (χ3n) is 4.21. The monoisotopic (exact) mass is 552 g/mol. The Labute approximate surface area is 223 Å². The summed E-state index contributed by atoms with van der Waals surface area (Å²) in [5, 5.41) is 10.7. The molecule has 0 aromatic carbocycles. The van der Waals surface area contributed by atoms with E-state index < -0.39 is 18.2 Å². The number of hydroxylamine groups is 2. The van der Waals surface area contributed by atoms with Crippen LogP contribution in [0.15, 0.2) is 0 Å². The number of nitrogens with one attached hydrogen (secondary N) is 6. The predicted molar refractivity (Wildman–Crippen MR) is 134 cm³/mol. The lowest BCUT2D eigenvalue weighted by atomic mass is 10.5. The van der Waals surface area contributed by atoms with Gasteiger partial charge in [-0.15, -0.1) is 0 Å². The normalized spacial score (nSPS) is 10.8. The standard InChI is InChI=1S/C22H44N6O10/c1-18(35-14-12-33-10-4-21(31)37-27-8-6-25-19(29)16-23-2)36-15-13-34-11-5-22(32)38-28-9-7-26-20(30)17-24-3/h18,23-24,27-28H,4-17H2,1-3H3,(H,25,29)(H,26,30). The van der Waals surface area contributed by atoms with Crippen molar-refractivity contribution in [2.45, 2.75) is 26.1 Å². The van der Waals surface area contributed by atoms with E-state index in [4.69, 9.17) is 28.6 Å². The van der Waals surface area contributed by atoms with Gasteiger partial charge in [-0.05, 0) is 21.0 Å². The average Bonchev–Trinajstić information content (AvgIpc) is 2.88. The molecule has 0 aliphatic rings. The van der Waals surface area contributed by atoms with Crippen LogP contribution in [0.25, 0.3) is 0 Å².